The monoisotopic (exact) mass is 410 g/mol. The average molecular weight is 410 g/mol. The number of aromatic nitrogens is 1. The van der Waals surface area contributed by atoms with E-state index in [2.05, 4.69) is 22.0 Å². The van der Waals surface area contributed by atoms with Crippen LogP contribution in [-0.2, 0) is 9.47 Å². The Kier molecular flexibility index (Phi) is 5.87. The maximum Gasteiger partial charge on any atom is 0.222 e. The minimum absolute atomic E-state index is 0.0303. The Hall–Kier alpha value is -3.10. The lowest BCUT2D eigenvalue weighted by atomic mass is 10.1. The number of nitrogens with one attached hydrogen (secondary N) is 1. The van der Waals surface area contributed by atoms with Crippen molar-refractivity contribution in [3.05, 3.63) is 41.8 Å². The predicted octanol–water partition coefficient (Wildman–Crippen LogP) is 4.08. The summed E-state index contributed by atoms with van der Waals surface area (Å²) >= 11 is 0. The predicted molar refractivity (Wildman–Crippen MR) is 117 cm³/mol. The summed E-state index contributed by atoms with van der Waals surface area (Å²) < 4.78 is 17.3. The highest BCUT2D eigenvalue weighted by Gasteiger charge is 2.26. The number of aromatic hydroxyl groups is 1. The van der Waals surface area contributed by atoms with Gasteiger partial charge < -0.3 is 19.0 Å². The van der Waals surface area contributed by atoms with Crippen molar-refractivity contribution in [3.63, 3.8) is 0 Å². The van der Waals surface area contributed by atoms with Crippen LogP contribution in [0.15, 0.2) is 34.3 Å². The van der Waals surface area contributed by atoms with Crippen LogP contribution in [0.4, 0.5) is 11.7 Å². The van der Waals surface area contributed by atoms with E-state index in [4.69, 9.17) is 13.9 Å². The lowest BCUT2D eigenvalue weighted by Crippen LogP contribution is -2.40. The van der Waals surface area contributed by atoms with E-state index in [1.165, 1.54) is 0 Å². The highest BCUT2D eigenvalue weighted by molar-refractivity contribution is 6.21. The molecule has 0 aromatic carbocycles. The first-order valence-corrected chi connectivity index (χ1v) is 10.1. The van der Waals surface area contributed by atoms with E-state index in [0.29, 0.717) is 55.1 Å². The van der Waals surface area contributed by atoms with E-state index in [1.807, 2.05) is 31.0 Å². The molecule has 30 heavy (non-hydrogen) atoms. The Balaban J connectivity index is 1.69. The second-order valence-corrected chi connectivity index (χ2v) is 7.22. The number of hydrazine groups is 1. The van der Waals surface area contributed by atoms with Gasteiger partial charge >= 0.3 is 0 Å². The van der Waals surface area contributed by atoms with E-state index in [-0.39, 0.29) is 11.9 Å². The molecule has 2 aromatic rings. The van der Waals surface area contributed by atoms with Gasteiger partial charge in [-0.3, -0.25) is 5.43 Å². The van der Waals surface area contributed by atoms with E-state index in [9.17, 15) is 5.11 Å². The Morgan fingerprint density at radius 2 is 2.23 bits per heavy atom. The fourth-order valence-corrected chi connectivity index (χ4v) is 3.26. The van der Waals surface area contributed by atoms with Crippen molar-refractivity contribution in [3.8, 4) is 5.75 Å². The van der Waals surface area contributed by atoms with E-state index in [0.717, 1.165) is 17.6 Å². The Bertz CT molecular complexity index is 989. The smallest absolute Gasteiger partial charge is 0.222 e. The van der Waals surface area contributed by atoms with Crippen molar-refractivity contribution in [2.24, 2.45) is 4.99 Å². The highest BCUT2D eigenvalue weighted by atomic mass is 16.5. The van der Waals surface area contributed by atoms with Crippen LogP contribution in [0.2, 0.25) is 0 Å². The van der Waals surface area contributed by atoms with Gasteiger partial charge in [-0.1, -0.05) is 13.5 Å². The highest BCUT2D eigenvalue weighted by Crippen LogP contribution is 2.41. The number of hydrogen-bond donors (Lipinski definition) is 2. The summed E-state index contributed by atoms with van der Waals surface area (Å²) in [6.07, 6.45) is 5.93. The van der Waals surface area contributed by atoms with Gasteiger partial charge in [0.1, 0.15) is 11.3 Å². The van der Waals surface area contributed by atoms with Gasteiger partial charge in [-0.25, -0.2) is 15.0 Å². The van der Waals surface area contributed by atoms with Gasteiger partial charge in [0.05, 0.1) is 19.3 Å². The third-order valence-electron chi connectivity index (χ3n) is 5.09. The van der Waals surface area contributed by atoms with Crippen molar-refractivity contribution in [1.82, 2.24) is 9.99 Å². The summed E-state index contributed by atoms with van der Waals surface area (Å²) in [5.41, 5.74) is 5.34. The van der Waals surface area contributed by atoms with Crippen LogP contribution in [0, 0.1) is 0 Å². The number of rotatable bonds is 7. The Morgan fingerprint density at radius 3 is 3.00 bits per heavy atom. The molecule has 0 amide bonds. The molecule has 2 aliphatic rings. The maximum atomic E-state index is 11.0. The van der Waals surface area contributed by atoms with Gasteiger partial charge in [0, 0.05) is 36.6 Å². The standard InChI is InChI=1S/C22H26N4O4/c1-4-14(2)29-15(3)19-20(27)18(30-22(19)25-26-8-10-28-11-9-26)12-16-13-24-21-17(16)6-5-7-23-21/h5-7,12-14,25,27H,3-4,8-11H2,1-2H3/t14-/m1/s1. The second kappa shape index (κ2) is 8.73. The molecule has 0 spiro atoms. The van der Waals surface area contributed by atoms with Crippen LogP contribution in [0.3, 0.4) is 0 Å². The zero-order valence-electron chi connectivity index (χ0n) is 17.2. The zero-order valence-corrected chi connectivity index (χ0v) is 17.2. The molecule has 0 unspecified atom stereocenters. The third-order valence-corrected chi connectivity index (χ3v) is 5.09. The number of fused-ring (bicyclic) bond motifs is 1. The molecule has 2 aliphatic heterocycles. The number of anilines is 1. The molecule has 0 bridgehead atoms. The van der Waals surface area contributed by atoms with Crippen LogP contribution in [-0.4, -0.2) is 53.7 Å². The minimum atomic E-state index is -0.0373. The van der Waals surface area contributed by atoms with Gasteiger partial charge in [-0.2, -0.15) is 0 Å². The summed E-state index contributed by atoms with van der Waals surface area (Å²) in [6, 6.07) is 3.78. The summed E-state index contributed by atoms with van der Waals surface area (Å²) in [7, 11) is 0. The molecule has 2 aromatic heterocycles. The SMILES string of the molecule is C=C(O[C@H](C)CC)c1c(NN2CCOCC2)oc(C=C2C=Nc3ncccc32)c1O. The van der Waals surface area contributed by atoms with Crippen molar-refractivity contribution in [2.75, 3.05) is 31.7 Å². The number of aliphatic imine (C=N–C) groups is 1. The van der Waals surface area contributed by atoms with Gasteiger partial charge in [0.2, 0.25) is 5.88 Å². The number of nitrogens with zero attached hydrogens (tertiary/aromatic N) is 3. The summed E-state index contributed by atoms with van der Waals surface area (Å²) in [5, 5.41) is 13.0. The number of morpholine rings is 1. The van der Waals surface area contributed by atoms with Gasteiger partial charge in [-0.15, -0.1) is 0 Å². The first kappa shape index (κ1) is 20.2. The molecule has 1 saturated heterocycles. The second-order valence-electron chi connectivity index (χ2n) is 7.22. The molecule has 0 aliphatic carbocycles. The summed E-state index contributed by atoms with van der Waals surface area (Å²) in [4.78, 5) is 8.55. The molecular formula is C22H26N4O4. The van der Waals surface area contributed by atoms with Gasteiger partial charge in [0.25, 0.3) is 0 Å². The van der Waals surface area contributed by atoms with Crippen molar-refractivity contribution < 1.29 is 19.0 Å². The molecule has 4 rings (SSSR count). The summed E-state index contributed by atoms with van der Waals surface area (Å²) in [5.74, 6) is 1.65. The topological polar surface area (TPSA) is 92.4 Å². The van der Waals surface area contributed by atoms with Crippen LogP contribution < -0.4 is 5.43 Å². The van der Waals surface area contributed by atoms with Crippen molar-refractivity contribution >= 4 is 35.3 Å². The fourth-order valence-electron chi connectivity index (χ4n) is 3.26. The molecule has 1 fully saturated rings. The Labute approximate surface area is 175 Å². The van der Waals surface area contributed by atoms with E-state index in [1.54, 1.807) is 18.5 Å². The molecule has 2 N–H and O–H groups in total. The van der Waals surface area contributed by atoms with Crippen LogP contribution >= 0.6 is 0 Å². The molecule has 4 heterocycles. The lowest BCUT2D eigenvalue weighted by molar-refractivity contribution is 0.0485. The number of allylic oxidation sites excluding steroid dienone is 1. The number of pyridine rings is 1. The van der Waals surface area contributed by atoms with Crippen LogP contribution in [0.25, 0.3) is 17.4 Å². The maximum absolute atomic E-state index is 11.0. The molecule has 1 atom stereocenters. The number of ether oxygens (including phenoxy) is 2. The fraction of sp³-hybridized carbons (Fsp3) is 0.364. The average Bonchev–Trinajstić information content (AvgIpc) is 3.30. The largest absolute Gasteiger partial charge is 0.504 e. The van der Waals surface area contributed by atoms with E-state index >= 15 is 0 Å². The molecule has 158 valence electrons. The molecule has 0 saturated carbocycles. The summed E-state index contributed by atoms with van der Waals surface area (Å²) in [6.45, 7) is 10.6. The first-order valence-electron chi connectivity index (χ1n) is 10.1. The van der Waals surface area contributed by atoms with Crippen LogP contribution in [0.1, 0.15) is 37.2 Å². The number of hydrogen-bond acceptors (Lipinski definition) is 8. The van der Waals surface area contributed by atoms with Crippen molar-refractivity contribution in [2.45, 2.75) is 26.4 Å². The minimum Gasteiger partial charge on any atom is -0.504 e. The Morgan fingerprint density at radius 1 is 1.43 bits per heavy atom. The lowest BCUT2D eigenvalue weighted by Gasteiger charge is -2.27. The van der Waals surface area contributed by atoms with Gasteiger partial charge in [0.15, 0.2) is 17.3 Å². The first-order chi connectivity index (χ1) is 14.6. The van der Waals surface area contributed by atoms with E-state index < -0.39 is 0 Å². The molecule has 0 radical (unpaired) electrons. The molecule has 8 nitrogen and oxygen atoms in total. The van der Waals surface area contributed by atoms with Crippen molar-refractivity contribution in [1.29, 1.82) is 0 Å². The molecule has 8 heteroatoms. The van der Waals surface area contributed by atoms with Crippen LogP contribution in [0.5, 0.6) is 5.75 Å². The molecular weight excluding hydrogens is 384 g/mol. The normalized spacial score (nSPS) is 18.4. The zero-order chi connectivity index (χ0) is 21.1. The third kappa shape index (κ3) is 4.10. The van der Waals surface area contributed by atoms with Gasteiger partial charge in [-0.05, 0) is 31.6 Å². The quantitative estimate of drug-likeness (QED) is 0.665. The number of furan rings is 1.